The lowest BCUT2D eigenvalue weighted by Crippen LogP contribution is -2.45. The topological polar surface area (TPSA) is 79.6 Å². The summed E-state index contributed by atoms with van der Waals surface area (Å²) in [6.07, 6.45) is 3.86. The average molecular weight is 424 g/mol. The Balaban J connectivity index is 1.52. The van der Waals surface area contributed by atoms with Crippen LogP contribution in [0.5, 0.6) is 5.75 Å². The highest BCUT2D eigenvalue weighted by Gasteiger charge is 2.32. The number of aliphatic hydroxyl groups is 1. The van der Waals surface area contributed by atoms with Crippen LogP contribution in [-0.4, -0.2) is 53.3 Å². The summed E-state index contributed by atoms with van der Waals surface area (Å²) in [5.74, 6) is 0.223. The number of nitrogens with one attached hydrogen (secondary N) is 1. The van der Waals surface area contributed by atoms with Crippen molar-refractivity contribution in [1.82, 2.24) is 15.1 Å². The maximum atomic E-state index is 15.0. The third kappa shape index (κ3) is 3.83. The largest absolute Gasteiger partial charge is 0.508 e. The molecule has 7 nitrogen and oxygen atoms in total. The van der Waals surface area contributed by atoms with E-state index in [0.29, 0.717) is 37.3 Å². The van der Waals surface area contributed by atoms with E-state index in [9.17, 15) is 9.90 Å². The number of hydrogen-bond acceptors (Lipinski definition) is 6. The Labute approximate surface area is 179 Å². The molecule has 2 N–H and O–H groups in total. The van der Waals surface area contributed by atoms with E-state index in [0.717, 1.165) is 24.2 Å². The predicted octanol–water partition coefficient (Wildman–Crippen LogP) is 2.22. The molecule has 2 aliphatic carbocycles. The van der Waals surface area contributed by atoms with Crippen LogP contribution >= 0.6 is 0 Å². The lowest BCUT2D eigenvalue weighted by Gasteiger charge is -2.33. The zero-order valence-electron chi connectivity index (χ0n) is 17.1. The number of alkyl halides is 1. The summed E-state index contributed by atoms with van der Waals surface area (Å²) in [4.78, 5) is 15.5. The van der Waals surface area contributed by atoms with Crippen molar-refractivity contribution in [2.45, 2.75) is 31.5 Å². The zero-order chi connectivity index (χ0) is 21.4. The van der Waals surface area contributed by atoms with Crippen LogP contribution in [0.1, 0.15) is 17.5 Å². The minimum atomic E-state index is -1.21. The fraction of sp³-hybridized carbons (Fsp3) is 0.391. The minimum Gasteiger partial charge on any atom is -0.508 e. The van der Waals surface area contributed by atoms with E-state index in [-0.39, 0.29) is 17.9 Å². The van der Waals surface area contributed by atoms with E-state index in [1.54, 1.807) is 12.3 Å². The fourth-order valence-electron chi connectivity index (χ4n) is 4.43. The summed E-state index contributed by atoms with van der Waals surface area (Å²) in [6.45, 7) is 2.99. The number of benzene rings is 1. The Morgan fingerprint density at radius 1 is 1.16 bits per heavy atom. The molecule has 8 heteroatoms. The quantitative estimate of drug-likeness (QED) is 0.784. The first-order chi connectivity index (χ1) is 15.1. The second kappa shape index (κ2) is 8.19. The van der Waals surface area contributed by atoms with Crippen LogP contribution in [0.4, 0.5) is 10.1 Å². The van der Waals surface area contributed by atoms with Gasteiger partial charge < -0.3 is 20.1 Å². The van der Waals surface area contributed by atoms with E-state index in [1.807, 2.05) is 29.2 Å². The SMILES string of the molecule is O=c1c(OC2Cc3ccccc3CC2F)c(N2CCNCC2)cnn1C1=CC(O)=CC1. The van der Waals surface area contributed by atoms with Crippen LogP contribution in [0.25, 0.3) is 5.70 Å². The molecule has 31 heavy (non-hydrogen) atoms. The molecule has 1 aliphatic heterocycles. The summed E-state index contributed by atoms with van der Waals surface area (Å²) < 4.78 is 22.4. The lowest BCUT2D eigenvalue weighted by molar-refractivity contribution is 0.0902. The Kier molecular flexibility index (Phi) is 5.23. The Bertz CT molecular complexity index is 1100. The van der Waals surface area contributed by atoms with Gasteiger partial charge in [-0.05, 0) is 17.2 Å². The van der Waals surface area contributed by atoms with Gasteiger partial charge in [-0.15, -0.1) is 0 Å². The average Bonchev–Trinajstić information content (AvgIpc) is 3.22. The number of aliphatic hydroxyl groups excluding tert-OH is 1. The smallest absolute Gasteiger partial charge is 0.315 e. The van der Waals surface area contributed by atoms with Gasteiger partial charge in [-0.2, -0.15) is 9.78 Å². The van der Waals surface area contributed by atoms with Gasteiger partial charge in [0.2, 0.25) is 5.75 Å². The summed E-state index contributed by atoms with van der Waals surface area (Å²) in [5, 5.41) is 17.3. The highest BCUT2D eigenvalue weighted by molar-refractivity contribution is 5.60. The molecule has 162 valence electrons. The predicted molar refractivity (Wildman–Crippen MR) is 116 cm³/mol. The summed E-state index contributed by atoms with van der Waals surface area (Å²) >= 11 is 0. The third-order valence-electron chi connectivity index (χ3n) is 6.11. The van der Waals surface area contributed by atoms with Crippen LogP contribution in [-0.2, 0) is 12.8 Å². The van der Waals surface area contributed by atoms with Crippen molar-refractivity contribution in [3.05, 3.63) is 69.9 Å². The molecule has 0 bridgehead atoms. The molecule has 0 amide bonds. The molecule has 3 aliphatic rings. The molecule has 1 aromatic heterocycles. The highest BCUT2D eigenvalue weighted by atomic mass is 19.1. The van der Waals surface area contributed by atoms with Crippen molar-refractivity contribution in [2.24, 2.45) is 0 Å². The third-order valence-corrected chi connectivity index (χ3v) is 6.11. The van der Waals surface area contributed by atoms with Gasteiger partial charge in [0.25, 0.3) is 0 Å². The summed E-state index contributed by atoms with van der Waals surface area (Å²) in [7, 11) is 0. The van der Waals surface area contributed by atoms with E-state index in [1.165, 1.54) is 10.8 Å². The highest BCUT2D eigenvalue weighted by Crippen LogP contribution is 2.31. The van der Waals surface area contributed by atoms with Gasteiger partial charge in [-0.25, -0.2) is 4.39 Å². The van der Waals surface area contributed by atoms with Gasteiger partial charge in [0, 0.05) is 51.5 Å². The van der Waals surface area contributed by atoms with Crippen LogP contribution in [0, 0.1) is 0 Å². The maximum absolute atomic E-state index is 15.0. The van der Waals surface area contributed by atoms with E-state index in [4.69, 9.17) is 4.74 Å². The van der Waals surface area contributed by atoms with Crippen molar-refractivity contribution in [3.8, 4) is 5.75 Å². The number of fused-ring (bicyclic) bond motifs is 1. The van der Waals surface area contributed by atoms with Crippen molar-refractivity contribution in [3.63, 3.8) is 0 Å². The normalized spacial score (nSPS) is 23.2. The molecule has 2 atom stereocenters. The number of halogens is 1. The van der Waals surface area contributed by atoms with Gasteiger partial charge in [-0.1, -0.05) is 24.3 Å². The first-order valence-corrected chi connectivity index (χ1v) is 10.7. The second-order valence-corrected chi connectivity index (χ2v) is 8.13. The Morgan fingerprint density at radius 3 is 2.61 bits per heavy atom. The van der Waals surface area contributed by atoms with Crippen molar-refractivity contribution >= 4 is 11.4 Å². The monoisotopic (exact) mass is 424 g/mol. The number of aromatic nitrogens is 2. The molecule has 2 heterocycles. The van der Waals surface area contributed by atoms with Gasteiger partial charge >= 0.3 is 5.56 Å². The van der Waals surface area contributed by atoms with Crippen molar-refractivity contribution in [2.75, 3.05) is 31.1 Å². The Morgan fingerprint density at radius 2 is 1.90 bits per heavy atom. The molecule has 2 aromatic rings. The zero-order valence-corrected chi connectivity index (χ0v) is 17.1. The minimum absolute atomic E-state index is 0.102. The van der Waals surface area contributed by atoms with E-state index < -0.39 is 17.8 Å². The molecular weight excluding hydrogens is 399 g/mol. The summed E-state index contributed by atoms with van der Waals surface area (Å²) in [5.41, 5.74) is 2.75. The van der Waals surface area contributed by atoms with Gasteiger partial charge in [0.1, 0.15) is 23.7 Å². The van der Waals surface area contributed by atoms with Crippen LogP contribution in [0.15, 0.2) is 53.2 Å². The molecule has 0 spiro atoms. The molecule has 0 radical (unpaired) electrons. The number of nitrogens with zero attached hydrogens (tertiary/aromatic N) is 3. The lowest BCUT2D eigenvalue weighted by atomic mass is 9.88. The molecule has 0 saturated carbocycles. The number of ether oxygens (including phenoxy) is 1. The Hall–Kier alpha value is -3.13. The molecule has 1 aromatic carbocycles. The number of piperazine rings is 1. The summed E-state index contributed by atoms with van der Waals surface area (Å²) in [6, 6.07) is 7.77. The number of rotatable bonds is 4. The van der Waals surface area contributed by atoms with Crippen LogP contribution < -0.4 is 20.5 Å². The first kappa shape index (κ1) is 19.8. The van der Waals surface area contributed by atoms with Gasteiger partial charge in [0.05, 0.1) is 11.9 Å². The molecule has 1 saturated heterocycles. The van der Waals surface area contributed by atoms with Crippen LogP contribution in [0.2, 0.25) is 0 Å². The molecule has 5 rings (SSSR count). The first-order valence-electron chi connectivity index (χ1n) is 10.7. The van der Waals surface area contributed by atoms with Crippen molar-refractivity contribution < 1.29 is 14.2 Å². The number of hydrogen-bond donors (Lipinski definition) is 2. The second-order valence-electron chi connectivity index (χ2n) is 8.13. The van der Waals surface area contributed by atoms with Gasteiger partial charge in [-0.3, -0.25) is 4.79 Å². The molecule has 1 fully saturated rings. The van der Waals surface area contributed by atoms with Gasteiger partial charge in [0.15, 0.2) is 0 Å². The van der Waals surface area contributed by atoms with E-state index >= 15 is 4.39 Å². The molecular formula is C23H25FN4O3. The maximum Gasteiger partial charge on any atom is 0.315 e. The standard InChI is InChI=1S/C23H25FN4O3/c24-19-11-15-3-1-2-4-16(15)12-21(19)31-22-20(27-9-7-25-8-10-27)14-26-28(23(22)30)17-5-6-18(29)13-17/h1-4,6,13-14,19,21,25,29H,5,7-12H2. The van der Waals surface area contributed by atoms with Crippen LogP contribution in [0.3, 0.4) is 0 Å². The molecule has 2 unspecified atom stereocenters. The number of anilines is 1. The van der Waals surface area contributed by atoms with Crippen molar-refractivity contribution in [1.29, 1.82) is 0 Å². The van der Waals surface area contributed by atoms with E-state index in [2.05, 4.69) is 10.4 Å². The fourth-order valence-corrected chi connectivity index (χ4v) is 4.43. The number of allylic oxidation sites excluding steroid dienone is 3.